The molecule has 9 nitrogen and oxygen atoms in total. The number of fused-ring (bicyclic) bond motifs is 1. The lowest BCUT2D eigenvalue weighted by Crippen LogP contribution is -2.34. The second-order valence-corrected chi connectivity index (χ2v) is 8.62. The van der Waals surface area contributed by atoms with Crippen molar-refractivity contribution in [1.82, 2.24) is 5.32 Å². The van der Waals surface area contributed by atoms with Gasteiger partial charge in [-0.15, -0.1) is 0 Å². The fourth-order valence-electron chi connectivity index (χ4n) is 3.32. The number of amides is 2. The molecule has 3 rings (SSSR count). The van der Waals surface area contributed by atoms with E-state index in [2.05, 4.69) is 10.6 Å². The van der Waals surface area contributed by atoms with Gasteiger partial charge in [-0.3, -0.25) is 4.79 Å². The third-order valence-electron chi connectivity index (χ3n) is 4.85. The minimum Gasteiger partial charge on any atom is -0.495 e. The second kappa shape index (κ2) is 10.3. The number of carbonyl (C=O) groups excluding carboxylic acids is 2. The smallest absolute Gasteiger partial charge is 0.407 e. The number of hydrogen-bond donors (Lipinski definition) is 2. The summed E-state index contributed by atoms with van der Waals surface area (Å²) in [5, 5.41) is 6.15. The molecule has 0 radical (unpaired) electrons. The fraction of sp³-hybridized carbons (Fsp3) is 0.320. The standard InChI is InChI=1S/C25H29N3O6/c1-25(2,3)34-24(31)26-13-12-22(29)27-18-14-16(10-11-21(18)32-5)28(4)19-15-23(30)33-20-9-7-6-8-17(19)20/h6-11,14-15H,12-13H2,1-5H3,(H,26,31)(H,27,29). The maximum Gasteiger partial charge on any atom is 0.407 e. The van der Waals surface area contributed by atoms with Crippen molar-refractivity contribution in [3.05, 3.63) is 59.0 Å². The number of carbonyl (C=O) groups is 2. The van der Waals surface area contributed by atoms with Gasteiger partial charge in [0.15, 0.2) is 0 Å². The summed E-state index contributed by atoms with van der Waals surface area (Å²) in [4.78, 5) is 38.1. The van der Waals surface area contributed by atoms with Gasteiger partial charge in [0.25, 0.3) is 0 Å². The van der Waals surface area contributed by atoms with Gasteiger partial charge >= 0.3 is 11.7 Å². The molecule has 0 saturated heterocycles. The van der Waals surface area contributed by atoms with Gasteiger partial charge in [-0.05, 0) is 51.1 Å². The van der Waals surface area contributed by atoms with Crippen LogP contribution in [0.25, 0.3) is 11.0 Å². The zero-order valence-electron chi connectivity index (χ0n) is 19.9. The summed E-state index contributed by atoms with van der Waals surface area (Å²) in [5.74, 6) is 0.169. The second-order valence-electron chi connectivity index (χ2n) is 8.62. The summed E-state index contributed by atoms with van der Waals surface area (Å²) in [6.45, 7) is 5.41. The Morgan fingerprint density at radius 2 is 1.82 bits per heavy atom. The van der Waals surface area contributed by atoms with Gasteiger partial charge in [0.2, 0.25) is 5.91 Å². The monoisotopic (exact) mass is 467 g/mol. The summed E-state index contributed by atoms with van der Waals surface area (Å²) < 4.78 is 15.8. The molecule has 0 saturated carbocycles. The van der Waals surface area contributed by atoms with Crippen LogP contribution in [0.3, 0.4) is 0 Å². The topological polar surface area (TPSA) is 110 Å². The molecule has 0 aliphatic rings. The highest BCUT2D eigenvalue weighted by molar-refractivity contribution is 5.95. The lowest BCUT2D eigenvalue weighted by Gasteiger charge is -2.22. The summed E-state index contributed by atoms with van der Waals surface area (Å²) in [6.07, 6.45) is -0.534. The molecule has 0 unspecified atom stereocenters. The maximum absolute atomic E-state index is 12.5. The van der Waals surface area contributed by atoms with E-state index in [0.29, 0.717) is 22.7 Å². The first kappa shape index (κ1) is 24.6. The van der Waals surface area contributed by atoms with Crippen LogP contribution in [0.5, 0.6) is 5.75 Å². The number of ether oxygens (including phenoxy) is 2. The highest BCUT2D eigenvalue weighted by Crippen LogP contribution is 2.34. The Morgan fingerprint density at radius 1 is 1.09 bits per heavy atom. The molecule has 0 fully saturated rings. The first-order valence-electron chi connectivity index (χ1n) is 10.8. The van der Waals surface area contributed by atoms with Crippen LogP contribution >= 0.6 is 0 Å². The van der Waals surface area contributed by atoms with E-state index < -0.39 is 17.3 Å². The molecule has 0 aliphatic carbocycles. The molecule has 34 heavy (non-hydrogen) atoms. The lowest BCUT2D eigenvalue weighted by atomic mass is 10.1. The molecule has 0 aliphatic heterocycles. The predicted octanol–water partition coefficient (Wildman–Crippen LogP) is 4.42. The largest absolute Gasteiger partial charge is 0.495 e. The Bertz CT molecular complexity index is 1250. The molecule has 0 bridgehead atoms. The van der Waals surface area contributed by atoms with E-state index >= 15 is 0 Å². The number of benzene rings is 2. The molecular formula is C25H29N3O6. The number of alkyl carbamates (subject to hydrolysis) is 1. The van der Waals surface area contributed by atoms with Gasteiger partial charge in [-0.1, -0.05) is 12.1 Å². The summed E-state index contributed by atoms with van der Waals surface area (Å²) in [7, 11) is 3.33. The van der Waals surface area contributed by atoms with E-state index in [0.717, 1.165) is 11.1 Å². The molecule has 1 aromatic heterocycles. The van der Waals surface area contributed by atoms with E-state index in [1.54, 1.807) is 45.0 Å². The van der Waals surface area contributed by atoms with E-state index in [-0.39, 0.29) is 18.9 Å². The van der Waals surface area contributed by atoms with Crippen molar-refractivity contribution >= 4 is 40.0 Å². The first-order chi connectivity index (χ1) is 16.1. The Balaban J connectivity index is 1.76. The summed E-state index contributed by atoms with van der Waals surface area (Å²) >= 11 is 0. The van der Waals surface area contributed by atoms with Crippen LogP contribution in [-0.2, 0) is 9.53 Å². The molecule has 1 heterocycles. The highest BCUT2D eigenvalue weighted by atomic mass is 16.6. The first-order valence-corrected chi connectivity index (χ1v) is 10.8. The van der Waals surface area contributed by atoms with Crippen LogP contribution in [0.1, 0.15) is 27.2 Å². The van der Waals surface area contributed by atoms with Crippen molar-refractivity contribution in [3.8, 4) is 5.75 Å². The lowest BCUT2D eigenvalue weighted by molar-refractivity contribution is -0.116. The SMILES string of the molecule is COc1ccc(N(C)c2cc(=O)oc3ccccc23)cc1NC(=O)CCNC(=O)OC(C)(C)C. The average molecular weight is 468 g/mol. The predicted molar refractivity (Wildman–Crippen MR) is 131 cm³/mol. The number of nitrogens with one attached hydrogen (secondary N) is 2. The molecule has 0 atom stereocenters. The van der Waals surface area contributed by atoms with Gasteiger partial charge in [-0.25, -0.2) is 9.59 Å². The van der Waals surface area contributed by atoms with E-state index in [1.165, 1.54) is 13.2 Å². The van der Waals surface area contributed by atoms with Crippen molar-refractivity contribution < 1.29 is 23.5 Å². The van der Waals surface area contributed by atoms with Gasteiger partial charge in [0.1, 0.15) is 16.9 Å². The van der Waals surface area contributed by atoms with Gasteiger partial charge in [0.05, 0.1) is 18.5 Å². The number of rotatable bonds is 7. The Labute approximate surface area is 197 Å². The van der Waals surface area contributed by atoms with Crippen molar-refractivity contribution in [2.75, 3.05) is 30.9 Å². The van der Waals surface area contributed by atoms with Crippen LogP contribution in [0.15, 0.2) is 57.7 Å². The third-order valence-corrected chi connectivity index (χ3v) is 4.85. The van der Waals surface area contributed by atoms with Crippen molar-refractivity contribution in [1.29, 1.82) is 0 Å². The highest BCUT2D eigenvalue weighted by Gasteiger charge is 2.17. The zero-order valence-corrected chi connectivity index (χ0v) is 19.9. The quantitative estimate of drug-likeness (QED) is 0.495. The van der Waals surface area contributed by atoms with Crippen LogP contribution in [0.4, 0.5) is 21.9 Å². The van der Waals surface area contributed by atoms with E-state index in [1.807, 2.05) is 30.1 Å². The van der Waals surface area contributed by atoms with Gasteiger partial charge in [0, 0.05) is 37.2 Å². The van der Waals surface area contributed by atoms with Crippen molar-refractivity contribution in [2.45, 2.75) is 32.8 Å². The van der Waals surface area contributed by atoms with Crippen molar-refractivity contribution in [2.24, 2.45) is 0 Å². The van der Waals surface area contributed by atoms with Gasteiger partial charge < -0.3 is 29.4 Å². The number of nitrogens with zero attached hydrogens (tertiary/aromatic N) is 1. The average Bonchev–Trinajstić information content (AvgIpc) is 2.76. The summed E-state index contributed by atoms with van der Waals surface area (Å²) in [5.41, 5.74) is 1.25. The Kier molecular flexibility index (Phi) is 7.45. The van der Waals surface area contributed by atoms with Crippen LogP contribution in [0.2, 0.25) is 0 Å². The molecule has 0 spiro atoms. The van der Waals surface area contributed by atoms with Crippen LogP contribution < -0.4 is 25.9 Å². The molecule has 2 amide bonds. The Morgan fingerprint density at radius 3 is 2.53 bits per heavy atom. The molecule has 2 N–H and O–H groups in total. The molecule has 3 aromatic rings. The minimum atomic E-state index is -0.614. The third kappa shape index (κ3) is 6.28. The number of para-hydroxylation sites is 1. The number of anilines is 3. The normalized spacial score (nSPS) is 11.1. The van der Waals surface area contributed by atoms with Gasteiger partial charge in [-0.2, -0.15) is 0 Å². The number of methoxy groups -OCH3 is 1. The molecule has 2 aromatic carbocycles. The van der Waals surface area contributed by atoms with E-state index in [9.17, 15) is 14.4 Å². The van der Waals surface area contributed by atoms with Crippen molar-refractivity contribution in [3.63, 3.8) is 0 Å². The van der Waals surface area contributed by atoms with E-state index in [4.69, 9.17) is 13.9 Å². The molecule has 180 valence electrons. The van der Waals surface area contributed by atoms with Crippen LogP contribution in [0, 0.1) is 0 Å². The summed E-state index contributed by atoms with van der Waals surface area (Å²) in [6, 6.07) is 14.0. The molecular weight excluding hydrogens is 438 g/mol. The number of hydrogen-bond acceptors (Lipinski definition) is 7. The maximum atomic E-state index is 12.5. The molecule has 9 heteroatoms. The fourth-order valence-corrected chi connectivity index (χ4v) is 3.32. The zero-order chi connectivity index (χ0) is 24.9. The van der Waals surface area contributed by atoms with Crippen LogP contribution in [-0.4, -0.2) is 38.3 Å². The Hall–Kier alpha value is -4.01. The minimum absolute atomic E-state index is 0.0484.